The third kappa shape index (κ3) is 5.06. The van der Waals surface area contributed by atoms with Crippen LogP contribution in [0, 0.1) is 6.92 Å². The zero-order valence-electron chi connectivity index (χ0n) is 18.4. The second kappa shape index (κ2) is 8.69. The second-order valence-corrected chi connectivity index (χ2v) is 8.72. The predicted octanol–water partition coefficient (Wildman–Crippen LogP) is 5.48. The summed E-state index contributed by atoms with van der Waals surface area (Å²) in [5.41, 5.74) is 3.40. The lowest BCUT2D eigenvalue weighted by Gasteiger charge is -2.19. The van der Waals surface area contributed by atoms with Crippen molar-refractivity contribution in [3.8, 4) is 17.2 Å². The highest BCUT2D eigenvalue weighted by Gasteiger charge is 2.18. The van der Waals surface area contributed by atoms with E-state index in [9.17, 15) is 4.79 Å². The van der Waals surface area contributed by atoms with Gasteiger partial charge in [0.05, 0.1) is 11.3 Å². The fourth-order valence-electron chi connectivity index (χ4n) is 2.97. The van der Waals surface area contributed by atoms with E-state index in [0.29, 0.717) is 28.7 Å². The molecule has 0 fully saturated rings. The highest BCUT2D eigenvalue weighted by atomic mass is 16.5. The lowest BCUT2D eigenvalue weighted by molar-refractivity contribution is -0.118. The van der Waals surface area contributed by atoms with Crippen LogP contribution in [0.4, 0.5) is 5.69 Å². The smallest absolute Gasteiger partial charge is 0.262 e. The van der Waals surface area contributed by atoms with E-state index in [1.165, 1.54) is 0 Å². The van der Waals surface area contributed by atoms with Gasteiger partial charge in [0.2, 0.25) is 0 Å². The maximum Gasteiger partial charge on any atom is 0.262 e. The maximum absolute atomic E-state index is 12.6. The molecule has 0 radical (unpaired) electrons. The molecule has 3 aromatic rings. The Morgan fingerprint density at radius 2 is 1.90 bits per heavy atom. The van der Waals surface area contributed by atoms with Crippen LogP contribution in [0.2, 0.25) is 0 Å². The second-order valence-electron chi connectivity index (χ2n) is 8.72. The summed E-state index contributed by atoms with van der Waals surface area (Å²) in [6, 6.07) is 13.5. The highest BCUT2D eigenvalue weighted by molar-refractivity contribution is 5.96. The summed E-state index contributed by atoms with van der Waals surface area (Å²) in [4.78, 5) is 17.1. The van der Waals surface area contributed by atoms with Gasteiger partial charge < -0.3 is 14.6 Å². The number of aromatic nitrogens is 2. The summed E-state index contributed by atoms with van der Waals surface area (Å²) >= 11 is 0. The fourth-order valence-corrected chi connectivity index (χ4v) is 2.97. The van der Waals surface area contributed by atoms with Gasteiger partial charge in [0, 0.05) is 5.92 Å². The van der Waals surface area contributed by atoms with Crippen LogP contribution in [-0.4, -0.2) is 22.7 Å². The summed E-state index contributed by atoms with van der Waals surface area (Å²) in [5.74, 6) is 1.58. The number of carbonyl (C=O) groups is 1. The summed E-state index contributed by atoms with van der Waals surface area (Å²) < 4.78 is 11.2. The fraction of sp³-hybridized carbons (Fsp3) is 0.375. The van der Waals surface area contributed by atoms with Crippen LogP contribution in [0.5, 0.6) is 5.75 Å². The summed E-state index contributed by atoms with van der Waals surface area (Å²) in [6.07, 6.45) is 0. The standard InChI is InChI=1S/C24H29N3O3/c1-15(2)22-26-23(30-27-22)19-12-7-9-16(3)21(19)25-20(28)14-29-18-11-8-10-17(13-18)24(4,5)6/h7-13,15H,14H2,1-6H3,(H,25,28). The molecule has 0 atom stereocenters. The van der Waals surface area contributed by atoms with Crippen LogP contribution >= 0.6 is 0 Å². The van der Waals surface area contributed by atoms with Gasteiger partial charge in [0.1, 0.15) is 5.75 Å². The van der Waals surface area contributed by atoms with Gasteiger partial charge in [-0.3, -0.25) is 4.79 Å². The molecule has 6 nitrogen and oxygen atoms in total. The molecule has 2 aromatic carbocycles. The SMILES string of the molecule is Cc1cccc(-c2nc(C(C)C)no2)c1NC(=O)COc1cccc(C(C)(C)C)c1. The van der Waals surface area contributed by atoms with Crippen molar-refractivity contribution in [2.75, 3.05) is 11.9 Å². The van der Waals surface area contributed by atoms with Gasteiger partial charge in [-0.25, -0.2) is 0 Å². The number of benzene rings is 2. The number of nitrogens with one attached hydrogen (secondary N) is 1. The Hall–Kier alpha value is -3.15. The first-order valence-electron chi connectivity index (χ1n) is 10.1. The van der Waals surface area contributed by atoms with E-state index < -0.39 is 0 Å². The number of para-hydroxylation sites is 1. The largest absolute Gasteiger partial charge is 0.484 e. The third-order valence-corrected chi connectivity index (χ3v) is 4.80. The lowest BCUT2D eigenvalue weighted by Crippen LogP contribution is -2.21. The van der Waals surface area contributed by atoms with Gasteiger partial charge >= 0.3 is 0 Å². The van der Waals surface area contributed by atoms with Crippen molar-refractivity contribution in [1.29, 1.82) is 0 Å². The van der Waals surface area contributed by atoms with Gasteiger partial charge in [0.15, 0.2) is 12.4 Å². The summed E-state index contributed by atoms with van der Waals surface area (Å²) in [5, 5.41) is 6.96. The molecule has 0 aliphatic heterocycles. The Morgan fingerprint density at radius 3 is 2.57 bits per heavy atom. The highest BCUT2D eigenvalue weighted by Crippen LogP contribution is 2.31. The molecule has 0 bridgehead atoms. The number of nitrogens with zero attached hydrogens (tertiary/aromatic N) is 2. The van der Waals surface area contributed by atoms with E-state index in [2.05, 4.69) is 42.3 Å². The van der Waals surface area contributed by atoms with E-state index in [4.69, 9.17) is 9.26 Å². The first kappa shape index (κ1) is 21.6. The quantitative estimate of drug-likeness (QED) is 0.585. The minimum atomic E-state index is -0.254. The zero-order chi connectivity index (χ0) is 21.9. The molecule has 0 saturated carbocycles. The Bertz CT molecular complexity index is 1030. The summed E-state index contributed by atoms with van der Waals surface area (Å²) in [7, 11) is 0. The molecule has 0 saturated heterocycles. The maximum atomic E-state index is 12.6. The van der Waals surface area contributed by atoms with Crippen molar-refractivity contribution in [3.05, 3.63) is 59.4 Å². The summed E-state index contributed by atoms with van der Waals surface area (Å²) in [6.45, 7) is 12.2. The van der Waals surface area contributed by atoms with E-state index in [1.807, 2.05) is 57.2 Å². The predicted molar refractivity (Wildman–Crippen MR) is 118 cm³/mol. The average Bonchev–Trinajstić information content (AvgIpc) is 3.18. The molecular weight excluding hydrogens is 378 g/mol. The Balaban J connectivity index is 1.74. The number of hydrogen-bond acceptors (Lipinski definition) is 5. The minimum Gasteiger partial charge on any atom is -0.484 e. The van der Waals surface area contributed by atoms with Crippen LogP contribution in [-0.2, 0) is 10.2 Å². The molecule has 3 rings (SSSR count). The molecule has 0 unspecified atom stereocenters. The molecule has 30 heavy (non-hydrogen) atoms. The van der Waals surface area contributed by atoms with Gasteiger partial charge in [0.25, 0.3) is 11.8 Å². The molecule has 158 valence electrons. The number of anilines is 1. The number of carbonyl (C=O) groups excluding carboxylic acids is 1. The Kier molecular flexibility index (Phi) is 6.25. The monoisotopic (exact) mass is 407 g/mol. The van der Waals surface area contributed by atoms with E-state index in [-0.39, 0.29) is 23.8 Å². The van der Waals surface area contributed by atoms with Crippen molar-refractivity contribution in [3.63, 3.8) is 0 Å². The molecular formula is C24H29N3O3. The third-order valence-electron chi connectivity index (χ3n) is 4.80. The Labute approximate surface area is 177 Å². The molecule has 6 heteroatoms. The molecule has 0 spiro atoms. The number of aryl methyl sites for hydroxylation is 1. The van der Waals surface area contributed by atoms with E-state index in [1.54, 1.807) is 0 Å². The molecule has 1 heterocycles. The first-order chi connectivity index (χ1) is 14.1. The van der Waals surface area contributed by atoms with Crippen LogP contribution in [0.1, 0.15) is 57.5 Å². The molecule has 1 N–H and O–H groups in total. The van der Waals surface area contributed by atoms with Gasteiger partial charge in [-0.05, 0) is 41.7 Å². The van der Waals surface area contributed by atoms with Crippen LogP contribution in [0.25, 0.3) is 11.5 Å². The molecule has 1 amide bonds. The van der Waals surface area contributed by atoms with Gasteiger partial charge in [-0.15, -0.1) is 0 Å². The van der Waals surface area contributed by atoms with E-state index in [0.717, 1.165) is 11.1 Å². The molecule has 0 aliphatic rings. The van der Waals surface area contributed by atoms with Crippen LogP contribution in [0.3, 0.4) is 0 Å². The van der Waals surface area contributed by atoms with Crippen molar-refractivity contribution in [2.24, 2.45) is 0 Å². The topological polar surface area (TPSA) is 77.3 Å². The molecule has 0 aliphatic carbocycles. The van der Waals surface area contributed by atoms with Crippen molar-refractivity contribution < 1.29 is 14.1 Å². The number of hydrogen-bond donors (Lipinski definition) is 1. The van der Waals surface area contributed by atoms with Crippen LogP contribution in [0.15, 0.2) is 47.0 Å². The van der Waals surface area contributed by atoms with Crippen molar-refractivity contribution in [1.82, 2.24) is 10.1 Å². The average molecular weight is 408 g/mol. The van der Waals surface area contributed by atoms with Crippen LogP contribution < -0.4 is 10.1 Å². The van der Waals surface area contributed by atoms with E-state index >= 15 is 0 Å². The van der Waals surface area contributed by atoms with Gasteiger partial charge in [-0.2, -0.15) is 4.98 Å². The number of rotatable bonds is 6. The van der Waals surface area contributed by atoms with Gasteiger partial charge in [-0.1, -0.05) is 64.0 Å². The number of ether oxygens (including phenoxy) is 1. The Morgan fingerprint density at radius 1 is 1.17 bits per heavy atom. The molecule has 1 aromatic heterocycles. The van der Waals surface area contributed by atoms with Crippen molar-refractivity contribution >= 4 is 11.6 Å². The van der Waals surface area contributed by atoms with Crippen molar-refractivity contribution in [2.45, 2.75) is 52.9 Å². The first-order valence-corrected chi connectivity index (χ1v) is 10.1. The minimum absolute atomic E-state index is 0.0105. The normalized spacial score (nSPS) is 11.6. The number of amides is 1. The zero-order valence-corrected chi connectivity index (χ0v) is 18.4. The lowest BCUT2D eigenvalue weighted by atomic mass is 9.87.